The molecule has 0 unspecified atom stereocenters. The van der Waals surface area contributed by atoms with Gasteiger partial charge in [0.1, 0.15) is 0 Å². The van der Waals surface area contributed by atoms with Crippen molar-refractivity contribution in [3.05, 3.63) is 38.9 Å². The molecule has 0 aliphatic heterocycles. The fourth-order valence-corrected chi connectivity index (χ4v) is 3.39. The first-order chi connectivity index (χ1) is 10.9. The predicted octanol–water partition coefficient (Wildman–Crippen LogP) is 3.54. The van der Waals surface area contributed by atoms with E-state index < -0.39 is 0 Å². The minimum absolute atomic E-state index is 0.109. The molecule has 0 radical (unpaired) electrons. The molecule has 0 fully saturated rings. The van der Waals surface area contributed by atoms with Crippen LogP contribution in [0.25, 0.3) is 10.9 Å². The monoisotopic (exact) mass is 347 g/mol. The fourth-order valence-electron chi connectivity index (χ4n) is 3.20. The third kappa shape index (κ3) is 4.12. The van der Waals surface area contributed by atoms with Gasteiger partial charge in [-0.1, -0.05) is 20.8 Å². The van der Waals surface area contributed by atoms with Gasteiger partial charge in [0.15, 0.2) is 4.77 Å². The Bertz CT molecular complexity index is 901. The molecule has 5 nitrogen and oxygen atoms in total. The molecule has 1 amide bonds. The first-order valence-corrected chi connectivity index (χ1v) is 8.36. The summed E-state index contributed by atoms with van der Waals surface area (Å²) < 4.78 is 1.71. The molecular formula is C18H25N3O2S. The van der Waals surface area contributed by atoms with Crippen LogP contribution in [0, 0.1) is 10.2 Å². The highest BCUT2D eigenvalue weighted by Gasteiger charge is 2.27. The lowest BCUT2D eigenvalue weighted by Gasteiger charge is -2.33. The van der Waals surface area contributed by atoms with E-state index in [1.165, 1.54) is 4.57 Å². The molecule has 0 aliphatic carbocycles. The number of hydrogen-bond acceptors (Lipinski definition) is 3. The van der Waals surface area contributed by atoms with Crippen LogP contribution in [0.5, 0.6) is 0 Å². The van der Waals surface area contributed by atoms with E-state index in [-0.39, 0.29) is 22.4 Å². The molecule has 1 heterocycles. The highest BCUT2D eigenvalue weighted by Crippen LogP contribution is 2.27. The molecule has 2 aromatic rings. The second-order valence-corrected chi connectivity index (χ2v) is 8.52. The van der Waals surface area contributed by atoms with Gasteiger partial charge in [0.25, 0.3) is 11.5 Å². The number of nitrogens with zero attached hydrogens (tertiary/aromatic N) is 1. The van der Waals surface area contributed by atoms with Crippen molar-refractivity contribution in [3.8, 4) is 0 Å². The molecule has 1 aromatic carbocycles. The van der Waals surface area contributed by atoms with Crippen LogP contribution in [0.3, 0.4) is 0 Å². The van der Waals surface area contributed by atoms with Gasteiger partial charge in [-0.05, 0) is 56.1 Å². The molecule has 2 N–H and O–H groups in total. The molecule has 0 saturated heterocycles. The van der Waals surface area contributed by atoms with Crippen molar-refractivity contribution in [2.24, 2.45) is 12.5 Å². The molecule has 0 saturated carbocycles. The van der Waals surface area contributed by atoms with Crippen LogP contribution >= 0.6 is 12.2 Å². The smallest absolute Gasteiger partial charge is 0.261 e. The average molecular weight is 347 g/mol. The highest BCUT2D eigenvalue weighted by molar-refractivity contribution is 7.71. The number of carbonyl (C=O) groups excluding carboxylic acids is 1. The summed E-state index contributed by atoms with van der Waals surface area (Å²) in [4.78, 5) is 27.8. The number of H-pyrrole nitrogens is 1. The zero-order valence-electron chi connectivity index (χ0n) is 15.1. The van der Waals surface area contributed by atoms with Gasteiger partial charge in [-0.2, -0.15) is 0 Å². The quantitative estimate of drug-likeness (QED) is 0.835. The van der Waals surface area contributed by atoms with Gasteiger partial charge >= 0.3 is 0 Å². The zero-order valence-corrected chi connectivity index (χ0v) is 15.9. The van der Waals surface area contributed by atoms with E-state index in [9.17, 15) is 9.59 Å². The van der Waals surface area contributed by atoms with Crippen molar-refractivity contribution in [2.75, 3.05) is 0 Å². The zero-order chi connectivity index (χ0) is 18.3. The molecule has 130 valence electrons. The third-order valence-electron chi connectivity index (χ3n) is 3.79. The van der Waals surface area contributed by atoms with Crippen molar-refractivity contribution >= 4 is 29.0 Å². The number of nitrogens with one attached hydrogen (secondary N) is 2. The Morgan fingerprint density at radius 3 is 2.46 bits per heavy atom. The molecule has 0 atom stereocenters. The lowest BCUT2D eigenvalue weighted by atomic mass is 9.81. The lowest BCUT2D eigenvalue weighted by Crippen LogP contribution is -2.45. The Labute approximate surface area is 147 Å². The SMILES string of the molecule is Cn1c(=S)[nH]c2cc(C(=O)NC(C)(C)CC(C)(C)C)ccc2c1=O. The predicted molar refractivity (Wildman–Crippen MR) is 100.0 cm³/mol. The second-order valence-electron chi connectivity index (χ2n) is 8.13. The number of carbonyl (C=O) groups is 1. The van der Waals surface area contributed by atoms with Crippen molar-refractivity contribution < 1.29 is 4.79 Å². The Balaban J connectivity index is 2.36. The molecule has 24 heavy (non-hydrogen) atoms. The van der Waals surface area contributed by atoms with Gasteiger partial charge in [-0.25, -0.2) is 0 Å². The first-order valence-electron chi connectivity index (χ1n) is 7.95. The summed E-state index contributed by atoms with van der Waals surface area (Å²) in [6, 6.07) is 5.01. The maximum atomic E-state index is 12.6. The molecule has 0 aliphatic rings. The van der Waals surface area contributed by atoms with Crippen molar-refractivity contribution in [1.29, 1.82) is 0 Å². The van der Waals surface area contributed by atoms with E-state index in [1.807, 2.05) is 13.8 Å². The first kappa shape index (κ1) is 18.4. The van der Waals surface area contributed by atoms with Gasteiger partial charge in [-0.3, -0.25) is 14.2 Å². The van der Waals surface area contributed by atoms with Gasteiger partial charge < -0.3 is 10.3 Å². The van der Waals surface area contributed by atoms with Crippen LogP contribution in [-0.2, 0) is 7.05 Å². The highest BCUT2D eigenvalue weighted by atomic mass is 32.1. The summed E-state index contributed by atoms with van der Waals surface area (Å²) in [6.07, 6.45) is 0.850. The van der Waals surface area contributed by atoms with Crippen LogP contribution in [0.4, 0.5) is 0 Å². The van der Waals surface area contributed by atoms with E-state index in [4.69, 9.17) is 12.2 Å². The Kier molecular flexibility index (Phi) is 4.72. The van der Waals surface area contributed by atoms with Crippen LogP contribution in [0.2, 0.25) is 0 Å². The Morgan fingerprint density at radius 2 is 1.88 bits per heavy atom. The topological polar surface area (TPSA) is 66.9 Å². The molecule has 2 rings (SSSR count). The Hall–Kier alpha value is -1.95. The standard InChI is InChI=1S/C18H25N3O2S/c1-17(2,3)10-18(4,5)20-14(22)11-7-8-12-13(9-11)19-16(24)21(6)15(12)23/h7-9H,10H2,1-6H3,(H,19,24)(H,20,22). The summed E-state index contributed by atoms with van der Waals surface area (Å²) in [7, 11) is 1.62. The van der Waals surface area contributed by atoms with Crippen molar-refractivity contribution in [2.45, 2.75) is 46.6 Å². The number of fused-ring (bicyclic) bond motifs is 1. The number of rotatable bonds is 3. The molecule has 0 bridgehead atoms. The molecule has 1 aromatic heterocycles. The molecule has 6 heteroatoms. The van der Waals surface area contributed by atoms with E-state index >= 15 is 0 Å². The second kappa shape index (κ2) is 6.16. The number of benzene rings is 1. The Morgan fingerprint density at radius 1 is 1.25 bits per heavy atom. The summed E-state index contributed by atoms with van der Waals surface area (Å²) in [5, 5.41) is 3.58. The van der Waals surface area contributed by atoms with Crippen LogP contribution < -0.4 is 10.9 Å². The minimum Gasteiger partial charge on any atom is -0.347 e. The largest absolute Gasteiger partial charge is 0.347 e. The average Bonchev–Trinajstić information content (AvgIpc) is 2.41. The third-order valence-corrected chi connectivity index (χ3v) is 4.16. The summed E-state index contributed by atoms with van der Waals surface area (Å²) in [5.74, 6) is -0.161. The number of amides is 1. The summed E-state index contributed by atoms with van der Waals surface area (Å²) >= 11 is 5.13. The number of aromatic amines is 1. The van der Waals surface area contributed by atoms with Gasteiger partial charge in [0.2, 0.25) is 0 Å². The fraction of sp³-hybridized carbons (Fsp3) is 0.500. The maximum absolute atomic E-state index is 12.6. The normalized spacial score (nSPS) is 12.4. The maximum Gasteiger partial charge on any atom is 0.261 e. The van der Waals surface area contributed by atoms with Crippen LogP contribution in [0.1, 0.15) is 51.4 Å². The minimum atomic E-state index is -0.329. The van der Waals surface area contributed by atoms with Crippen LogP contribution in [-0.4, -0.2) is 21.0 Å². The summed E-state index contributed by atoms with van der Waals surface area (Å²) in [5.41, 5.74) is 0.683. The van der Waals surface area contributed by atoms with E-state index in [0.29, 0.717) is 21.2 Å². The number of aromatic nitrogens is 2. The molecular weight excluding hydrogens is 322 g/mol. The van der Waals surface area contributed by atoms with Gasteiger partial charge in [-0.15, -0.1) is 0 Å². The van der Waals surface area contributed by atoms with Crippen molar-refractivity contribution in [3.63, 3.8) is 0 Å². The van der Waals surface area contributed by atoms with Crippen LogP contribution in [0.15, 0.2) is 23.0 Å². The number of hydrogen-bond donors (Lipinski definition) is 2. The van der Waals surface area contributed by atoms with E-state index in [1.54, 1.807) is 25.2 Å². The van der Waals surface area contributed by atoms with E-state index in [0.717, 1.165) is 6.42 Å². The summed E-state index contributed by atoms with van der Waals surface area (Å²) in [6.45, 7) is 10.5. The van der Waals surface area contributed by atoms with Gasteiger partial charge in [0.05, 0.1) is 10.9 Å². The molecule has 0 spiro atoms. The van der Waals surface area contributed by atoms with Crippen molar-refractivity contribution in [1.82, 2.24) is 14.9 Å². The van der Waals surface area contributed by atoms with Gasteiger partial charge in [0, 0.05) is 18.2 Å². The van der Waals surface area contributed by atoms with E-state index in [2.05, 4.69) is 31.1 Å². The lowest BCUT2D eigenvalue weighted by molar-refractivity contribution is 0.0891.